The Labute approximate surface area is 141 Å². The van der Waals surface area contributed by atoms with Crippen LogP contribution < -0.4 is 5.43 Å². The van der Waals surface area contributed by atoms with E-state index in [0.29, 0.717) is 22.1 Å². The fraction of sp³-hybridized carbons (Fsp3) is 0.0625. The van der Waals surface area contributed by atoms with E-state index in [0.717, 1.165) is 22.3 Å². The van der Waals surface area contributed by atoms with E-state index in [9.17, 15) is 0 Å². The Morgan fingerprint density at radius 1 is 1.21 bits per heavy atom. The van der Waals surface area contributed by atoms with Crippen molar-refractivity contribution in [1.29, 1.82) is 0 Å². The summed E-state index contributed by atoms with van der Waals surface area (Å²) in [7, 11) is 0. The third-order valence-electron chi connectivity index (χ3n) is 3.54. The zero-order valence-corrected chi connectivity index (χ0v) is 13.4. The summed E-state index contributed by atoms with van der Waals surface area (Å²) in [5.41, 5.74) is 6.50. The molecule has 0 fully saturated rings. The van der Waals surface area contributed by atoms with Crippen molar-refractivity contribution in [3.63, 3.8) is 0 Å². The summed E-state index contributed by atoms with van der Waals surface area (Å²) in [6, 6.07) is 11.2. The van der Waals surface area contributed by atoms with E-state index in [1.165, 1.54) is 0 Å². The van der Waals surface area contributed by atoms with Gasteiger partial charge in [0.25, 0.3) is 5.95 Å². The quantitative estimate of drug-likeness (QED) is 0.441. The van der Waals surface area contributed by atoms with Crippen LogP contribution in [0.1, 0.15) is 12.6 Å². The summed E-state index contributed by atoms with van der Waals surface area (Å²) < 4.78 is 0. The largest absolute Gasteiger partial charge is 0.338 e. The van der Waals surface area contributed by atoms with Gasteiger partial charge >= 0.3 is 0 Å². The number of aromatic nitrogens is 5. The van der Waals surface area contributed by atoms with Crippen molar-refractivity contribution in [1.82, 2.24) is 25.1 Å². The number of halogens is 1. The molecule has 0 radical (unpaired) electrons. The number of hydrogen-bond donors (Lipinski definition) is 2. The molecule has 0 saturated carbocycles. The lowest BCUT2D eigenvalue weighted by molar-refractivity contribution is 1.01. The van der Waals surface area contributed by atoms with Gasteiger partial charge in [0, 0.05) is 22.1 Å². The topological polar surface area (TPSA) is 91.7 Å². The Bertz CT molecular complexity index is 1060. The Hall–Kier alpha value is -3.06. The molecule has 24 heavy (non-hydrogen) atoms. The maximum absolute atomic E-state index is 6.03. The molecule has 0 unspecified atom stereocenters. The Morgan fingerprint density at radius 3 is 2.96 bits per heavy atom. The number of H-pyrrole nitrogens is 1. The van der Waals surface area contributed by atoms with Crippen molar-refractivity contribution in [2.45, 2.75) is 6.92 Å². The molecule has 0 atom stereocenters. The van der Waals surface area contributed by atoms with E-state index in [4.69, 9.17) is 11.6 Å². The third kappa shape index (κ3) is 2.65. The average Bonchev–Trinajstić information content (AvgIpc) is 2.97. The summed E-state index contributed by atoms with van der Waals surface area (Å²) in [6.07, 6.45) is 1.72. The number of hydrogen-bond acceptors (Lipinski definition) is 6. The summed E-state index contributed by atoms with van der Waals surface area (Å²) in [5, 5.41) is 14.0. The number of nitrogens with zero attached hydrogens (tertiary/aromatic N) is 5. The van der Waals surface area contributed by atoms with Gasteiger partial charge in [-0.2, -0.15) is 10.1 Å². The van der Waals surface area contributed by atoms with Crippen molar-refractivity contribution >= 4 is 45.3 Å². The Morgan fingerprint density at radius 2 is 2.12 bits per heavy atom. The van der Waals surface area contributed by atoms with Crippen molar-refractivity contribution in [3.05, 3.63) is 53.3 Å². The number of hydrazone groups is 1. The van der Waals surface area contributed by atoms with Crippen LogP contribution >= 0.6 is 11.6 Å². The molecule has 118 valence electrons. The van der Waals surface area contributed by atoms with E-state index < -0.39 is 0 Å². The zero-order chi connectivity index (χ0) is 16.5. The predicted molar refractivity (Wildman–Crippen MR) is 94.3 cm³/mol. The predicted octanol–water partition coefficient (Wildman–Crippen LogP) is 3.39. The molecular formula is C16H12ClN7. The zero-order valence-electron chi connectivity index (χ0n) is 12.7. The molecule has 1 aromatic carbocycles. The molecule has 0 saturated heterocycles. The number of anilines is 1. The van der Waals surface area contributed by atoms with Crippen LogP contribution in [-0.4, -0.2) is 30.9 Å². The van der Waals surface area contributed by atoms with Gasteiger partial charge in [0.05, 0.1) is 11.4 Å². The molecule has 3 aromatic heterocycles. The molecule has 0 aliphatic carbocycles. The van der Waals surface area contributed by atoms with Crippen molar-refractivity contribution in [3.8, 4) is 0 Å². The number of benzene rings is 1. The second-order valence-corrected chi connectivity index (χ2v) is 5.61. The van der Waals surface area contributed by atoms with Gasteiger partial charge in [0.2, 0.25) is 0 Å². The summed E-state index contributed by atoms with van der Waals surface area (Å²) in [6.45, 7) is 1.85. The minimum absolute atomic E-state index is 0.301. The molecule has 3 heterocycles. The van der Waals surface area contributed by atoms with Crippen LogP contribution in [0.5, 0.6) is 0 Å². The van der Waals surface area contributed by atoms with Crippen molar-refractivity contribution in [2.24, 2.45) is 5.10 Å². The number of nitrogens with one attached hydrogen (secondary N) is 2. The highest BCUT2D eigenvalue weighted by atomic mass is 35.5. The fourth-order valence-corrected chi connectivity index (χ4v) is 2.53. The van der Waals surface area contributed by atoms with Gasteiger partial charge in [0.15, 0.2) is 5.65 Å². The number of pyridine rings is 1. The van der Waals surface area contributed by atoms with Crippen LogP contribution in [0.25, 0.3) is 22.1 Å². The molecule has 0 aliphatic heterocycles. The first-order valence-corrected chi connectivity index (χ1v) is 7.62. The minimum atomic E-state index is 0.301. The van der Waals surface area contributed by atoms with Crippen molar-refractivity contribution < 1.29 is 0 Å². The number of fused-ring (bicyclic) bond motifs is 3. The van der Waals surface area contributed by atoms with Crippen LogP contribution in [-0.2, 0) is 0 Å². The lowest BCUT2D eigenvalue weighted by atomic mass is 10.2. The van der Waals surface area contributed by atoms with E-state index >= 15 is 0 Å². The Kier molecular flexibility index (Phi) is 3.55. The molecule has 0 spiro atoms. The SMILES string of the molecule is CC(=NNc1nnc2c(n1)[nH]c1ccc(Cl)cc12)c1ccccn1. The molecule has 0 aliphatic rings. The molecule has 4 rings (SSSR count). The fourth-order valence-electron chi connectivity index (χ4n) is 2.36. The first-order valence-electron chi connectivity index (χ1n) is 7.24. The third-order valence-corrected chi connectivity index (χ3v) is 3.77. The molecule has 0 bridgehead atoms. The maximum Gasteiger partial charge on any atom is 0.265 e. The summed E-state index contributed by atoms with van der Waals surface area (Å²) in [4.78, 5) is 11.8. The highest BCUT2D eigenvalue weighted by molar-refractivity contribution is 6.31. The van der Waals surface area contributed by atoms with Crippen LogP contribution in [0.4, 0.5) is 5.95 Å². The van der Waals surface area contributed by atoms with Gasteiger partial charge in [-0.15, -0.1) is 10.2 Å². The first-order chi connectivity index (χ1) is 11.7. The Balaban J connectivity index is 1.67. The highest BCUT2D eigenvalue weighted by Crippen LogP contribution is 2.25. The normalized spacial score (nSPS) is 12.0. The van der Waals surface area contributed by atoms with Crippen LogP contribution in [0.2, 0.25) is 5.02 Å². The van der Waals surface area contributed by atoms with Gasteiger partial charge in [-0.3, -0.25) is 4.98 Å². The molecular weight excluding hydrogens is 326 g/mol. The summed E-state index contributed by atoms with van der Waals surface area (Å²) in [5.74, 6) is 0.301. The molecule has 8 heteroatoms. The van der Waals surface area contributed by atoms with E-state index in [1.54, 1.807) is 6.20 Å². The van der Waals surface area contributed by atoms with Gasteiger partial charge in [-0.25, -0.2) is 5.43 Å². The van der Waals surface area contributed by atoms with Crippen molar-refractivity contribution in [2.75, 3.05) is 5.43 Å². The minimum Gasteiger partial charge on any atom is -0.338 e. The van der Waals surface area contributed by atoms with Gasteiger partial charge < -0.3 is 4.98 Å². The first kappa shape index (κ1) is 14.5. The van der Waals surface area contributed by atoms with Gasteiger partial charge in [0.1, 0.15) is 5.52 Å². The maximum atomic E-state index is 6.03. The highest BCUT2D eigenvalue weighted by Gasteiger charge is 2.09. The van der Waals surface area contributed by atoms with Crippen LogP contribution in [0.15, 0.2) is 47.7 Å². The lowest BCUT2D eigenvalue weighted by Gasteiger charge is -2.01. The molecule has 2 N–H and O–H groups in total. The van der Waals surface area contributed by atoms with Gasteiger partial charge in [-0.05, 0) is 37.3 Å². The summed E-state index contributed by atoms with van der Waals surface area (Å²) >= 11 is 6.03. The lowest BCUT2D eigenvalue weighted by Crippen LogP contribution is -2.04. The average molecular weight is 338 g/mol. The second-order valence-electron chi connectivity index (χ2n) is 5.17. The molecule has 4 aromatic rings. The van der Waals surface area contributed by atoms with E-state index in [1.807, 2.05) is 43.3 Å². The molecule has 0 amide bonds. The van der Waals surface area contributed by atoms with E-state index in [2.05, 4.69) is 35.7 Å². The number of aromatic amines is 1. The number of rotatable bonds is 3. The van der Waals surface area contributed by atoms with Crippen LogP contribution in [0.3, 0.4) is 0 Å². The van der Waals surface area contributed by atoms with E-state index in [-0.39, 0.29) is 0 Å². The monoisotopic (exact) mass is 337 g/mol. The molecule has 7 nitrogen and oxygen atoms in total. The van der Waals surface area contributed by atoms with Crippen LogP contribution in [0, 0.1) is 0 Å². The smallest absolute Gasteiger partial charge is 0.265 e. The standard InChI is InChI=1S/C16H12ClN7/c1-9(12-4-2-3-7-18-12)21-23-16-20-15-14(22-24-16)11-8-10(17)5-6-13(11)19-15/h2-8H,1H3,(H2,19,20,23,24). The second kappa shape index (κ2) is 5.86. The van der Waals surface area contributed by atoms with Gasteiger partial charge in [-0.1, -0.05) is 17.7 Å².